The maximum Gasteiger partial charge on any atom is 0.130 e. The molecule has 0 bridgehead atoms. The van der Waals surface area contributed by atoms with E-state index in [9.17, 15) is 4.39 Å². The van der Waals surface area contributed by atoms with Crippen molar-refractivity contribution in [2.45, 2.75) is 39.2 Å². The molecule has 0 unspecified atom stereocenters. The number of ether oxygens (including phenoxy) is 1. The van der Waals surface area contributed by atoms with Gasteiger partial charge in [0.2, 0.25) is 0 Å². The molecule has 0 atom stereocenters. The summed E-state index contributed by atoms with van der Waals surface area (Å²) < 4.78 is 19.2. The number of rotatable bonds is 3. The second-order valence-corrected chi connectivity index (χ2v) is 4.95. The molecule has 0 heterocycles. The van der Waals surface area contributed by atoms with Crippen molar-refractivity contribution in [1.29, 1.82) is 0 Å². The molecule has 90 valence electrons. The molecule has 0 saturated heterocycles. The second kappa shape index (κ2) is 4.42. The van der Waals surface area contributed by atoms with Crippen molar-refractivity contribution in [3.8, 4) is 5.75 Å². The Labute approximate surface area is 96.6 Å². The van der Waals surface area contributed by atoms with Gasteiger partial charge in [-0.2, -0.15) is 0 Å². The van der Waals surface area contributed by atoms with Crippen LogP contribution in [0.2, 0.25) is 0 Å². The Bertz CT molecular complexity index is 380. The molecule has 3 heteroatoms. The van der Waals surface area contributed by atoms with Crippen molar-refractivity contribution in [2.75, 3.05) is 7.11 Å². The largest absolute Gasteiger partial charge is 0.496 e. The summed E-state index contributed by atoms with van der Waals surface area (Å²) in [6, 6.07) is 3.32. The smallest absolute Gasteiger partial charge is 0.130 e. The third-order valence-electron chi connectivity index (χ3n) is 2.63. The average molecular weight is 225 g/mol. The number of benzene rings is 1. The summed E-state index contributed by atoms with van der Waals surface area (Å²) in [6.07, 6.45) is 0. The highest BCUT2D eigenvalue weighted by atomic mass is 19.1. The molecule has 0 amide bonds. The van der Waals surface area contributed by atoms with Gasteiger partial charge in [0.15, 0.2) is 0 Å². The zero-order valence-electron chi connectivity index (χ0n) is 10.6. The van der Waals surface area contributed by atoms with Gasteiger partial charge in [-0.1, -0.05) is 13.8 Å². The van der Waals surface area contributed by atoms with Crippen LogP contribution < -0.4 is 10.5 Å². The monoisotopic (exact) mass is 225 g/mol. The van der Waals surface area contributed by atoms with Crippen molar-refractivity contribution >= 4 is 0 Å². The summed E-state index contributed by atoms with van der Waals surface area (Å²) in [5.41, 5.74) is 6.74. The van der Waals surface area contributed by atoms with Crippen LogP contribution in [0, 0.1) is 5.82 Å². The molecule has 0 saturated carbocycles. The number of halogens is 1. The van der Waals surface area contributed by atoms with Crippen molar-refractivity contribution in [3.63, 3.8) is 0 Å². The molecular formula is C13H20FNO. The van der Waals surface area contributed by atoms with Gasteiger partial charge < -0.3 is 10.5 Å². The van der Waals surface area contributed by atoms with E-state index in [1.54, 1.807) is 7.11 Å². The van der Waals surface area contributed by atoms with E-state index in [1.165, 1.54) is 6.07 Å². The topological polar surface area (TPSA) is 35.2 Å². The SMILES string of the molecule is COc1cc(C(C)(C)N)cc(F)c1C(C)C. The van der Waals surface area contributed by atoms with Gasteiger partial charge in [0.1, 0.15) is 11.6 Å². The third-order valence-corrected chi connectivity index (χ3v) is 2.63. The second-order valence-electron chi connectivity index (χ2n) is 4.95. The summed E-state index contributed by atoms with van der Waals surface area (Å²) in [5.74, 6) is 0.413. The Hall–Kier alpha value is -1.09. The Morgan fingerprint density at radius 2 is 1.88 bits per heavy atom. The third kappa shape index (κ3) is 2.53. The summed E-state index contributed by atoms with van der Waals surface area (Å²) >= 11 is 0. The van der Waals surface area contributed by atoms with E-state index >= 15 is 0 Å². The van der Waals surface area contributed by atoms with Crippen molar-refractivity contribution < 1.29 is 9.13 Å². The van der Waals surface area contributed by atoms with E-state index in [2.05, 4.69) is 0 Å². The van der Waals surface area contributed by atoms with Gasteiger partial charge in [0.05, 0.1) is 7.11 Å². The lowest BCUT2D eigenvalue weighted by Gasteiger charge is -2.22. The minimum absolute atomic E-state index is 0.0879. The van der Waals surface area contributed by atoms with E-state index in [0.717, 1.165) is 5.56 Å². The molecule has 1 aromatic carbocycles. The van der Waals surface area contributed by atoms with Crippen LogP contribution in [0.4, 0.5) is 4.39 Å². The lowest BCUT2D eigenvalue weighted by atomic mass is 9.91. The highest BCUT2D eigenvalue weighted by Crippen LogP contribution is 2.33. The minimum Gasteiger partial charge on any atom is -0.496 e. The predicted molar refractivity (Wildman–Crippen MR) is 64.3 cm³/mol. The molecule has 0 radical (unpaired) electrons. The van der Waals surface area contributed by atoms with E-state index in [1.807, 2.05) is 33.8 Å². The van der Waals surface area contributed by atoms with Crippen molar-refractivity contribution in [3.05, 3.63) is 29.1 Å². The maximum atomic E-state index is 13.9. The van der Waals surface area contributed by atoms with Crippen LogP contribution >= 0.6 is 0 Å². The molecule has 0 aromatic heterocycles. The lowest BCUT2D eigenvalue weighted by Crippen LogP contribution is -2.29. The maximum absolute atomic E-state index is 13.9. The van der Waals surface area contributed by atoms with Crippen molar-refractivity contribution in [2.24, 2.45) is 5.73 Å². The Morgan fingerprint density at radius 1 is 1.31 bits per heavy atom. The quantitative estimate of drug-likeness (QED) is 0.857. The van der Waals surface area contributed by atoms with E-state index < -0.39 is 5.54 Å². The number of nitrogens with two attached hydrogens (primary N) is 1. The van der Waals surface area contributed by atoms with Crippen LogP contribution in [0.25, 0.3) is 0 Å². The summed E-state index contributed by atoms with van der Waals surface area (Å²) in [4.78, 5) is 0. The first-order valence-corrected chi connectivity index (χ1v) is 5.44. The fourth-order valence-electron chi connectivity index (χ4n) is 1.69. The fraction of sp³-hybridized carbons (Fsp3) is 0.538. The number of hydrogen-bond acceptors (Lipinski definition) is 2. The Morgan fingerprint density at radius 3 is 2.25 bits per heavy atom. The standard InChI is InChI=1S/C13H20FNO/c1-8(2)12-10(14)6-9(13(3,4)15)7-11(12)16-5/h6-8H,15H2,1-5H3. The molecule has 2 N–H and O–H groups in total. The summed E-state index contributed by atoms with van der Waals surface area (Å²) in [5, 5.41) is 0. The number of methoxy groups -OCH3 is 1. The molecule has 0 aliphatic heterocycles. The molecule has 1 rings (SSSR count). The molecular weight excluding hydrogens is 205 g/mol. The van der Waals surface area contributed by atoms with Gasteiger partial charge in [0, 0.05) is 11.1 Å². The zero-order valence-corrected chi connectivity index (χ0v) is 10.6. The molecule has 0 spiro atoms. The van der Waals surface area contributed by atoms with Crippen LogP contribution in [0.5, 0.6) is 5.75 Å². The van der Waals surface area contributed by atoms with Crippen LogP contribution in [0.1, 0.15) is 44.7 Å². The highest BCUT2D eigenvalue weighted by molar-refractivity contribution is 5.42. The molecule has 1 aromatic rings. The summed E-state index contributed by atoms with van der Waals surface area (Å²) in [6.45, 7) is 7.56. The number of hydrogen-bond donors (Lipinski definition) is 1. The zero-order chi connectivity index (χ0) is 12.5. The van der Waals surface area contributed by atoms with Gasteiger partial charge in [-0.15, -0.1) is 0 Å². The van der Waals surface area contributed by atoms with Crippen LogP contribution in [0.15, 0.2) is 12.1 Å². The first-order chi connectivity index (χ1) is 7.27. The van der Waals surface area contributed by atoms with Crippen LogP contribution in [0.3, 0.4) is 0 Å². The van der Waals surface area contributed by atoms with E-state index in [0.29, 0.717) is 11.3 Å². The van der Waals surface area contributed by atoms with Gasteiger partial charge >= 0.3 is 0 Å². The fourth-order valence-corrected chi connectivity index (χ4v) is 1.69. The first kappa shape index (κ1) is 13.0. The van der Waals surface area contributed by atoms with E-state index in [4.69, 9.17) is 10.5 Å². The molecule has 0 fully saturated rings. The van der Waals surface area contributed by atoms with Gasteiger partial charge in [-0.05, 0) is 37.5 Å². The Balaban J connectivity index is 3.38. The summed E-state index contributed by atoms with van der Waals surface area (Å²) in [7, 11) is 1.55. The van der Waals surface area contributed by atoms with Crippen LogP contribution in [-0.2, 0) is 5.54 Å². The highest BCUT2D eigenvalue weighted by Gasteiger charge is 2.21. The Kier molecular flexibility index (Phi) is 3.58. The van der Waals surface area contributed by atoms with Gasteiger partial charge in [-0.25, -0.2) is 4.39 Å². The van der Waals surface area contributed by atoms with E-state index in [-0.39, 0.29) is 11.7 Å². The van der Waals surface area contributed by atoms with Gasteiger partial charge in [-0.3, -0.25) is 0 Å². The van der Waals surface area contributed by atoms with Gasteiger partial charge in [0.25, 0.3) is 0 Å². The molecule has 0 aliphatic carbocycles. The van der Waals surface area contributed by atoms with Crippen molar-refractivity contribution in [1.82, 2.24) is 0 Å². The molecule has 0 aliphatic rings. The minimum atomic E-state index is -0.566. The normalized spacial score (nSPS) is 12.0. The molecule has 16 heavy (non-hydrogen) atoms. The first-order valence-electron chi connectivity index (χ1n) is 5.44. The average Bonchev–Trinajstić information content (AvgIpc) is 2.14. The van der Waals surface area contributed by atoms with Crippen LogP contribution in [-0.4, -0.2) is 7.11 Å². The lowest BCUT2D eigenvalue weighted by molar-refractivity contribution is 0.398. The molecule has 2 nitrogen and oxygen atoms in total. The predicted octanol–water partition coefficient (Wildman–Crippen LogP) is 3.15.